The molecule has 3 rings (SSSR count). The van der Waals surface area contributed by atoms with Gasteiger partial charge >= 0.3 is 0 Å². The van der Waals surface area contributed by atoms with Gasteiger partial charge < -0.3 is 10.6 Å². The molecule has 0 saturated heterocycles. The number of nitrogens with two attached hydrogens (primary N) is 1. The van der Waals surface area contributed by atoms with Gasteiger partial charge in [-0.3, -0.25) is 10.5 Å². The summed E-state index contributed by atoms with van der Waals surface area (Å²) in [7, 11) is 0. The first-order valence-electron chi connectivity index (χ1n) is 5.81. The summed E-state index contributed by atoms with van der Waals surface area (Å²) in [5.74, 6) is -0.117. The SMILES string of the molecule is NC1NC(=O)C=C(C2(c3ccccc3)CC2)N1. The van der Waals surface area contributed by atoms with Gasteiger partial charge in [0.1, 0.15) is 0 Å². The van der Waals surface area contributed by atoms with Gasteiger partial charge in [0.25, 0.3) is 0 Å². The van der Waals surface area contributed by atoms with Gasteiger partial charge in [-0.25, -0.2) is 0 Å². The van der Waals surface area contributed by atoms with Crippen molar-refractivity contribution in [2.45, 2.75) is 24.5 Å². The van der Waals surface area contributed by atoms with E-state index in [0.717, 1.165) is 18.5 Å². The van der Waals surface area contributed by atoms with Crippen molar-refractivity contribution in [3.05, 3.63) is 47.7 Å². The summed E-state index contributed by atoms with van der Waals surface area (Å²) in [6.45, 7) is 0. The Hall–Kier alpha value is -1.81. The van der Waals surface area contributed by atoms with E-state index in [1.807, 2.05) is 18.2 Å². The summed E-state index contributed by atoms with van der Waals surface area (Å²) in [5.41, 5.74) is 7.91. The molecule has 2 aliphatic rings. The average molecular weight is 229 g/mol. The Kier molecular flexibility index (Phi) is 2.19. The molecule has 4 N–H and O–H groups in total. The topological polar surface area (TPSA) is 67.1 Å². The molecule has 1 aromatic rings. The number of allylic oxidation sites excluding steroid dienone is 1. The molecule has 0 spiro atoms. The third-order valence-electron chi connectivity index (χ3n) is 3.48. The second-order valence-electron chi connectivity index (χ2n) is 4.64. The first-order valence-corrected chi connectivity index (χ1v) is 5.81. The maximum absolute atomic E-state index is 11.5. The quantitative estimate of drug-likeness (QED) is 0.694. The normalized spacial score (nSPS) is 25.6. The fourth-order valence-electron chi connectivity index (χ4n) is 2.44. The van der Waals surface area contributed by atoms with Crippen LogP contribution in [0.25, 0.3) is 0 Å². The highest BCUT2D eigenvalue weighted by Gasteiger charge is 2.49. The van der Waals surface area contributed by atoms with Crippen LogP contribution in [0, 0.1) is 0 Å². The monoisotopic (exact) mass is 229 g/mol. The van der Waals surface area contributed by atoms with Crippen LogP contribution in [-0.4, -0.2) is 12.2 Å². The summed E-state index contributed by atoms with van der Waals surface area (Å²) >= 11 is 0. The number of carbonyl (C=O) groups excluding carboxylic acids is 1. The summed E-state index contributed by atoms with van der Waals surface area (Å²) in [6, 6.07) is 10.3. The van der Waals surface area contributed by atoms with Crippen molar-refractivity contribution in [1.82, 2.24) is 10.6 Å². The molecule has 1 unspecified atom stereocenters. The molecule has 0 radical (unpaired) electrons. The fourth-order valence-corrected chi connectivity index (χ4v) is 2.44. The zero-order valence-corrected chi connectivity index (χ0v) is 9.44. The largest absolute Gasteiger partial charge is 0.356 e. The molecule has 1 aliphatic heterocycles. The summed E-state index contributed by atoms with van der Waals surface area (Å²) in [4.78, 5) is 11.5. The van der Waals surface area contributed by atoms with Gasteiger partial charge in [-0.1, -0.05) is 30.3 Å². The van der Waals surface area contributed by atoms with Crippen LogP contribution in [0.2, 0.25) is 0 Å². The van der Waals surface area contributed by atoms with Crippen molar-refractivity contribution >= 4 is 5.91 Å². The molecule has 1 aromatic carbocycles. The fraction of sp³-hybridized carbons (Fsp3) is 0.308. The molecule has 17 heavy (non-hydrogen) atoms. The van der Waals surface area contributed by atoms with Gasteiger partial charge in [0.2, 0.25) is 5.91 Å². The molecule has 1 aliphatic carbocycles. The first-order chi connectivity index (χ1) is 8.21. The minimum absolute atomic E-state index is 0.0172. The molecule has 0 bridgehead atoms. The molecular formula is C13H15N3O. The number of amides is 1. The van der Waals surface area contributed by atoms with E-state index in [4.69, 9.17) is 5.73 Å². The van der Waals surface area contributed by atoms with E-state index >= 15 is 0 Å². The van der Waals surface area contributed by atoms with Crippen LogP contribution in [0.1, 0.15) is 18.4 Å². The average Bonchev–Trinajstić information content (AvgIpc) is 3.10. The van der Waals surface area contributed by atoms with Crippen molar-refractivity contribution in [2.75, 3.05) is 0 Å². The molecule has 88 valence electrons. The van der Waals surface area contributed by atoms with Crippen molar-refractivity contribution in [3.63, 3.8) is 0 Å². The number of carbonyl (C=O) groups is 1. The lowest BCUT2D eigenvalue weighted by atomic mass is 9.91. The Morgan fingerprint density at radius 1 is 1.18 bits per heavy atom. The Morgan fingerprint density at radius 3 is 2.47 bits per heavy atom. The Bertz CT molecular complexity index is 477. The van der Waals surface area contributed by atoms with Crippen molar-refractivity contribution in [1.29, 1.82) is 0 Å². The van der Waals surface area contributed by atoms with Crippen LogP contribution in [0.5, 0.6) is 0 Å². The van der Waals surface area contributed by atoms with Gasteiger partial charge in [0.05, 0.1) is 0 Å². The zero-order valence-electron chi connectivity index (χ0n) is 9.44. The lowest BCUT2D eigenvalue weighted by Crippen LogP contribution is -2.55. The molecule has 1 saturated carbocycles. The standard InChI is InChI=1S/C13H15N3O/c14-12-15-10(8-11(17)16-12)13(6-7-13)9-4-2-1-3-5-9/h1-5,8,12,15H,6-7,14H2,(H,16,17). The van der Waals surface area contributed by atoms with E-state index in [0.29, 0.717) is 0 Å². The van der Waals surface area contributed by atoms with Gasteiger partial charge in [-0.2, -0.15) is 0 Å². The molecule has 4 heteroatoms. The van der Waals surface area contributed by atoms with Crippen molar-refractivity contribution in [2.24, 2.45) is 5.73 Å². The number of rotatable bonds is 2. The third-order valence-corrected chi connectivity index (χ3v) is 3.48. The van der Waals surface area contributed by atoms with Crippen LogP contribution < -0.4 is 16.4 Å². The van der Waals surface area contributed by atoms with E-state index in [9.17, 15) is 4.79 Å². The van der Waals surface area contributed by atoms with E-state index in [1.165, 1.54) is 5.56 Å². The number of nitrogens with one attached hydrogen (secondary N) is 2. The lowest BCUT2D eigenvalue weighted by Gasteiger charge is -2.29. The molecule has 0 aromatic heterocycles. The van der Waals surface area contributed by atoms with E-state index in [-0.39, 0.29) is 11.3 Å². The van der Waals surface area contributed by atoms with Crippen molar-refractivity contribution in [3.8, 4) is 0 Å². The predicted molar refractivity (Wildman–Crippen MR) is 64.7 cm³/mol. The number of benzene rings is 1. The summed E-state index contributed by atoms with van der Waals surface area (Å²) < 4.78 is 0. The molecule has 1 amide bonds. The number of hydrogen-bond acceptors (Lipinski definition) is 3. The van der Waals surface area contributed by atoms with Gasteiger partial charge in [0, 0.05) is 17.2 Å². The summed E-state index contributed by atoms with van der Waals surface area (Å²) in [5, 5.41) is 5.77. The van der Waals surface area contributed by atoms with Crippen molar-refractivity contribution < 1.29 is 4.79 Å². The Labute approximate surface area is 99.9 Å². The predicted octanol–water partition coefficient (Wildman–Crippen LogP) is 0.564. The minimum atomic E-state index is -0.483. The second kappa shape index (κ2) is 3.60. The van der Waals surface area contributed by atoms with Crippen LogP contribution in [-0.2, 0) is 10.2 Å². The maximum Gasteiger partial charge on any atom is 0.248 e. The first kappa shape index (κ1) is 10.4. The molecule has 1 heterocycles. The van der Waals surface area contributed by atoms with Crippen LogP contribution in [0.3, 0.4) is 0 Å². The van der Waals surface area contributed by atoms with Gasteiger partial charge in [-0.05, 0) is 18.4 Å². The highest BCUT2D eigenvalue weighted by atomic mass is 16.1. The molecule has 1 fully saturated rings. The maximum atomic E-state index is 11.5. The zero-order chi connectivity index (χ0) is 11.9. The Morgan fingerprint density at radius 2 is 1.88 bits per heavy atom. The molecular weight excluding hydrogens is 214 g/mol. The van der Waals surface area contributed by atoms with Gasteiger partial charge in [-0.15, -0.1) is 0 Å². The molecule has 1 atom stereocenters. The number of hydrogen-bond donors (Lipinski definition) is 3. The van der Waals surface area contributed by atoms with E-state index < -0.39 is 6.29 Å². The highest BCUT2D eigenvalue weighted by molar-refractivity contribution is 5.89. The smallest absolute Gasteiger partial charge is 0.248 e. The lowest BCUT2D eigenvalue weighted by molar-refractivity contribution is -0.117. The van der Waals surface area contributed by atoms with E-state index in [1.54, 1.807) is 6.08 Å². The Balaban J connectivity index is 1.97. The van der Waals surface area contributed by atoms with E-state index in [2.05, 4.69) is 22.8 Å². The second-order valence-corrected chi connectivity index (χ2v) is 4.64. The van der Waals surface area contributed by atoms with Crippen LogP contribution in [0.4, 0.5) is 0 Å². The minimum Gasteiger partial charge on any atom is -0.356 e. The third kappa shape index (κ3) is 1.70. The van der Waals surface area contributed by atoms with Crippen LogP contribution in [0.15, 0.2) is 42.1 Å². The molecule has 4 nitrogen and oxygen atoms in total. The van der Waals surface area contributed by atoms with Gasteiger partial charge in [0.15, 0.2) is 6.29 Å². The van der Waals surface area contributed by atoms with Crippen LogP contribution >= 0.6 is 0 Å². The summed E-state index contributed by atoms with van der Waals surface area (Å²) in [6.07, 6.45) is 3.28. The highest BCUT2D eigenvalue weighted by Crippen LogP contribution is 2.53.